The van der Waals surface area contributed by atoms with Crippen molar-refractivity contribution in [3.63, 3.8) is 0 Å². The molecule has 0 spiro atoms. The maximum atomic E-state index is 14.2. The molecule has 1 atom stereocenters. The number of benzene rings is 3. The molecule has 2 heterocycles. The van der Waals surface area contributed by atoms with Gasteiger partial charge in [0.15, 0.2) is 27.8 Å². The van der Waals surface area contributed by atoms with Crippen LogP contribution < -0.4 is 33.8 Å². The molecule has 0 fully saturated rings. The van der Waals surface area contributed by atoms with E-state index in [1.807, 2.05) is 19.9 Å². The molecule has 5 rings (SSSR count). The van der Waals surface area contributed by atoms with Crippen molar-refractivity contribution < 1.29 is 28.5 Å². The van der Waals surface area contributed by atoms with E-state index >= 15 is 0 Å². The Morgan fingerprint density at radius 2 is 1.77 bits per heavy atom. The van der Waals surface area contributed by atoms with Crippen molar-refractivity contribution in [1.29, 1.82) is 0 Å². The highest BCUT2D eigenvalue weighted by molar-refractivity contribution is 9.10. The molecular formula is C35H33BrCl2N2O7S. The number of allylic oxidation sites excluding steroid dienone is 1. The minimum atomic E-state index is -0.821. The Morgan fingerprint density at radius 3 is 2.44 bits per heavy atom. The molecule has 252 valence electrons. The number of carbonyl (C=O) groups excluding carboxylic acids is 1. The molecule has 3 aromatic carbocycles. The van der Waals surface area contributed by atoms with Crippen LogP contribution in [0.15, 0.2) is 74.1 Å². The number of methoxy groups -OCH3 is 2. The van der Waals surface area contributed by atoms with E-state index in [2.05, 4.69) is 20.9 Å². The second-order valence-corrected chi connectivity index (χ2v) is 13.6. The average molecular weight is 777 g/mol. The molecule has 0 unspecified atom stereocenters. The van der Waals surface area contributed by atoms with E-state index in [1.54, 1.807) is 69.5 Å². The van der Waals surface area contributed by atoms with Gasteiger partial charge in [-0.15, -0.1) is 0 Å². The van der Waals surface area contributed by atoms with Crippen molar-refractivity contribution in [1.82, 2.24) is 4.57 Å². The number of hydrogen-bond acceptors (Lipinski definition) is 9. The molecule has 0 aliphatic carbocycles. The van der Waals surface area contributed by atoms with Gasteiger partial charge in [0.25, 0.3) is 5.56 Å². The zero-order valence-electron chi connectivity index (χ0n) is 27.1. The zero-order valence-corrected chi connectivity index (χ0v) is 31.0. The van der Waals surface area contributed by atoms with Crippen LogP contribution in [0.3, 0.4) is 0 Å². The zero-order chi connectivity index (χ0) is 34.7. The van der Waals surface area contributed by atoms with Crippen LogP contribution in [0.25, 0.3) is 6.08 Å². The second-order valence-electron chi connectivity index (χ2n) is 10.9. The van der Waals surface area contributed by atoms with E-state index in [4.69, 9.17) is 46.9 Å². The number of thiazole rings is 1. The summed E-state index contributed by atoms with van der Waals surface area (Å²) >= 11 is 17.2. The summed E-state index contributed by atoms with van der Waals surface area (Å²) < 4.78 is 31.2. The number of nitrogens with zero attached hydrogens (tertiary/aromatic N) is 2. The topological polar surface area (TPSA) is 97.6 Å². The Kier molecular flexibility index (Phi) is 11.2. The summed E-state index contributed by atoms with van der Waals surface area (Å²) in [4.78, 5) is 32.7. The van der Waals surface area contributed by atoms with E-state index in [9.17, 15) is 9.59 Å². The number of hydrogen-bond donors (Lipinski definition) is 0. The van der Waals surface area contributed by atoms with E-state index in [0.29, 0.717) is 63.7 Å². The van der Waals surface area contributed by atoms with Crippen LogP contribution in [0, 0.1) is 0 Å². The predicted octanol–water partition coefficient (Wildman–Crippen LogP) is 7.25. The Balaban J connectivity index is 1.59. The maximum absolute atomic E-state index is 14.2. The highest BCUT2D eigenvalue weighted by Crippen LogP contribution is 2.37. The standard InChI is InChI=1S/C35H33BrCl2N2O7S/c1-7-45-34(42)31-19(4)39-35-40(32(31)20-9-11-26(47-18(2)3)27(12-20)43-5)33(41)30(48-35)14-22-13-28(44-6)29(16-24(22)36)46-17-21-8-10-23(37)15-25(21)38/h8-16,18,32H,7,17H2,1-6H3/b30-14-/t32-/m1/s1. The van der Waals surface area contributed by atoms with Gasteiger partial charge in [0.05, 0.1) is 48.8 Å². The second kappa shape index (κ2) is 15.2. The Labute approximate surface area is 300 Å². The number of fused-ring (bicyclic) bond motifs is 1. The molecule has 0 saturated carbocycles. The molecule has 1 aliphatic rings. The number of aromatic nitrogens is 1. The lowest BCUT2D eigenvalue weighted by Gasteiger charge is -2.25. The summed E-state index contributed by atoms with van der Waals surface area (Å²) in [6.07, 6.45) is 1.66. The van der Waals surface area contributed by atoms with Gasteiger partial charge in [-0.1, -0.05) is 62.6 Å². The van der Waals surface area contributed by atoms with Gasteiger partial charge >= 0.3 is 5.97 Å². The number of carbonyl (C=O) groups is 1. The fraction of sp³-hybridized carbons (Fsp3) is 0.286. The molecular weight excluding hydrogens is 743 g/mol. The van der Waals surface area contributed by atoms with Gasteiger partial charge in [0.1, 0.15) is 6.61 Å². The third-order valence-electron chi connectivity index (χ3n) is 7.35. The summed E-state index contributed by atoms with van der Waals surface area (Å²) in [6, 6.07) is 13.3. The predicted molar refractivity (Wildman–Crippen MR) is 191 cm³/mol. The summed E-state index contributed by atoms with van der Waals surface area (Å²) in [5.74, 6) is 1.39. The van der Waals surface area contributed by atoms with Crippen molar-refractivity contribution in [2.75, 3.05) is 20.8 Å². The lowest BCUT2D eigenvalue weighted by molar-refractivity contribution is -0.139. The molecule has 0 radical (unpaired) electrons. The maximum Gasteiger partial charge on any atom is 0.338 e. The third kappa shape index (κ3) is 7.44. The first-order valence-electron chi connectivity index (χ1n) is 14.9. The summed E-state index contributed by atoms with van der Waals surface area (Å²) in [5, 5.41) is 1.02. The molecule has 0 bridgehead atoms. The van der Waals surface area contributed by atoms with Crippen LogP contribution in [0.1, 0.15) is 50.4 Å². The molecule has 9 nitrogen and oxygen atoms in total. The molecule has 4 aromatic rings. The number of ether oxygens (including phenoxy) is 5. The van der Waals surface area contributed by atoms with Gasteiger partial charge in [-0.25, -0.2) is 9.79 Å². The molecule has 0 amide bonds. The van der Waals surface area contributed by atoms with Crippen LogP contribution in [0.4, 0.5) is 0 Å². The molecule has 0 saturated heterocycles. The summed E-state index contributed by atoms with van der Waals surface area (Å²) in [5.41, 5.74) is 2.46. The fourth-order valence-corrected chi connectivity index (χ4v) is 7.12. The molecule has 0 N–H and O–H groups in total. The van der Waals surface area contributed by atoms with Crippen molar-refractivity contribution in [3.05, 3.63) is 111 Å². The first kappa shape index (κ1) is 35.5. The molecule has 13 heteroatoms. The van der Waals surface area contributed by atoms with Gasteiger partial charge in [0, 0.05) is 20.1 Å². The van der Waals surface area contributed by atoms with Crippen molar-refractivity contribution >= 4 is 62.5 Å². The van der Waals surface area contributed by atoms with Gasteiger partial charge in [-0.05, 0) is 81.3 Å². The van der Waals surface area contributed by atoms with Crippen LogP contribution in [-0.4, -0.2) is 37.5 Å². The largest absolute Gasteiger partial charge is 0.493 e. The van der Waals surface area contributed by atoms with Crippen molar-refractivity contribution in [3.8, 4) is 23.0 Å². The normalized spacial score (nSPS) is 14.5. The van der Waals surface area contributed by atoms with Gasteiger partial charge in [0.2, 0.25) is 0 Å². The first-order valence-corrected chi connectivity index (χ1v) is 17.3. The molecule has 48 heavy (non-hydrogen) atoms. The third-order valence-corrected chi connectivity index (χ3v) is 9.61. The number of halogens is 3. The first-order chi connectivity index (χ1) is 22.9. The smallest absolute Gasteiger partial charge is 0.338 e. The number of esters is 1. The summed E-state index contributed by atoms with van der Waals surface area (Å²) in [7, 11) is 3.08. The van der Waals surface area contributed by atoms with E-state index in [1.165, 1.54) is 23.0 Å². The SMILES string of the molecule is CCOC(=O)C1=C(C)N=c2s/c(=C\c3cc(OC)c(OCc4ccc(Cl)cc4Cl)cc3Br)c(=O)n2[C@@H]1c1ccc(OC(C)C)c(OC)c1. The Bertz CT molecular complexity index is 2090. The summed E-state index contributed by atoms with van der Waals surface area (Å²) in [6.45, 7) is 7.66. The lowest BCUT2D eigenvalue weighted by atomic mass is 9.95. The van der Waals surface area contributed by atoms with Gasteiger partial charge in [-0.3, -0.25) is 9.36 Å². The highest BCUT2D eigenvalue weighted by Gasteiger charge is 2.34. The Hall–Kier alpha value is -3.77. The molecule has 1 aromatic heterocycles. The van der Waals surface area contributed by atoms with Crippen LogP contribution in [0.5, 0.6) is 23.0 Å². The monoisotopic (exact) mass is 774 g/mol. The quantitative estimate of drug-likeness (QED) is 0.148. The van der Waals surface area contributed by atoms with E-state index in [0.717, 1.165) is 5.56 Å². The number of rotatable bonds is 11. The highest BCUT2D eigenvalue weighted by atomic mass is 79.9. The van der Waals surface area contributed by atoms with Crippen LogP contribution in [-0.2, 0) is 16.1 Å². The van der Waals surface area contributed by atoms with Crippen LogP contribution >= 0.6 is 50.5 Å². The minimum absolute atomic E-state index is 0.0831. The van der Waals surface area contributed by atoms with E-state index < -0.39 is 12.0 Å². The van der Waals surface area contributed by atoms with E-state index in [-0.39, 0.29) is 30.5 Å². The lowest BCUT2D eigenvalue weighted by Crippen LogP contribution is -2.40. The minimum Gasteiger partial charge on any atom is -0.493 e. The van der Waals surface area contributed by atoms with Crippen molar-refractivity contribution in [2.24, 2.45) is 4.99 Å². The average Bonchev–Trinajstić information content (AvgIpc) is 3.34. The Morgan fingerprint density at radius 1 is 1.04 bits per heavy atom. The van der Waals surface area contributed by atoms with Gasteiger partial charge in [-0.2, -0.15) is 0 Å². The fourth-order valence-electron chi connectivity index (χ4n) is 5.18. The van der Waals surface area contributed by atoms with Crippen molar-refractivity contribution in [2.45, 2.75) is 46.4 Å². The molecule has 1 aliphatic heterocycles. The van der Waals surface area contributed by atoms with Gasteiger partial charge < -0.3 is 23.7 Å². The van der Waals surface area contributed by atoms with Crippen LogP contribution in [0.2, 0.25) is 10.0 Å².